The molecule has 0 aliphatic heterocycles. The van der Waals surface area contributed by atoms with Crippen LogP contribution in [0.15, 0.2) is 24.3 Å². The Morgan fingerprint density at radius 3 is 2.38 bits per heavy atom. The third-order valence-electron chi connectivity index (χ3n) is 6.70. The molecule has 0 amide bonds. The van der Waals surface area contributed by atoms with Crippen LogP contribution in [0.25, 0.3) is 0 Å². The van der Waals surface area contributed by atoms with E-state index in [0.717, 1.165) is 24.2 Å². The van der Waals surface area contributed by atoms with E-state index in [1.165, 1.54) is 0 Å². The molecule has 0 spiro atoms. The highest BCUT2D eigenvalue weighted by Gasteiger charge is 2.64. The van der Waals surface area contributed by atoms with Crippen molar-refractivity contribution in [3.05, 3.63) is 29.8 Å². The molecule has 0 saturated heterocycles. The summed E-state index contributed by atoms with van der Waals surface area (Å²) in [6.07, 6.45) is 1.70. The van der Waals surface area contributed by atoms with E-state index in [1.54, 1.807) is 7.11 Å². The first-order valence-corrected chi connectivity index (χ1v) is 9.11. The minimum atomic E-state index is -1.12. The van der Waals surface area contributed by atoms with Crippen LogP contribution in [0.5, 0.6) is 5.75 Å². The van der Waals surface area contributed by atoms with Gasteiger partial charge in [0, 0.05) is 5.94 Å². The van der Waals surface area contributed by atoms with Gasteiger partial charge in [0.1, 0.15) is 5.75 Å². The first kappa shape index (κ1) is 21.5. The van der Waals surface area contributed by atoms with Gasteiger partial charge >= 0.3 is 7.12 Å². The molecule has 4 N–H and O–H groups in total. The van der Waals surface area contributed by atoms with Gasteiger partial charge in [-0.15, -0.1) is 12.4 Å². The zero-order valence-electron chi connectivity index (χ0n) is 16.0. The molecule has 1 aromatic carbocycles. The van der Waals surface area contributed by atoms with E-state index in [4.69, 9.17) is 15.1 Å². The molecule has 3 aliphatic rings. The number of methoxy groups -OCH3 is 1. The van der Waals surface area contributed by atoms with E-state index in [9.17, 15) is 10.1 Å². The lowest BCUT2D eigenvalue weighted by Crippen LogP contribution is -2.69. The molecule has 3 saturated carbocycles. The van der Waals surface area contributed by atoms with Crippen LogP contribution in [0.4, 0.5) is 0 Å². The van der Waals surface area contributed by atoms with Crippen LogP contribution < -0.4 is 10.5 Å². The molecule has 0 heterocycles. The van der Waals surface area contributed by atoms with Crippen molar-refractivity contribution < 1.29 is 19.5 Å². The van der Waals surface area contributed by atoms with Gasteiger partial charge in [0.05, 0.1) is 18.8 Å². The average Bonchev–Trinajstić information content (AvgIpc) is 2.57. The summed E-state index contributed by atoms with van der Waals surface area (Å²) in [4.78, 5) is 0. The molecule has 0 unspecified atom stereocenters. The van der Waals surface area contributed by atoms with Crippen LogP contribution in [0, 0.1) is 17.3 Å². The van der Waals surface area contributed by atoms with Gasteiger partial charge in [-0.2, -0.15) is 0 Å². The normalized spacial score (nSPS) is 32.8. The van der Waals surface area contributed by atoms with E-state index in [0.29, 0.717) is 12.3 Å². The smallest absolute Gasteiger partial charge is 0.472 e. The standard InChI is InChI=1S/C19H30BNO4.ClH/c1-18(2)13-10-15(18)19(3,16(22)11-13)25-20(23)17(21)9-12-5-7-14(24-4)8-6-12;/h5-8,13,15-17,22-23H,9-11,21H2,1-4H3;1H/t13-,15-,16+,17-,19-;/m1./s1. The summed E-state index contributed by atoms with van der Waals surface area (Å²) in [5.41, 5.74) is 6.57. The van der Waals surface area contributed by atoms with Gasteiger partial charge in [0.2, 0.25) is 0 Å². The minimum absolute atomic E-state index is 0. The van der Waals surface area contributed by atoms with E-state index in [2.05, 4.69) is 13.8 Å². The van der Waals surface area contributed by atoms with Crippen LogP contribution in [0.2, 0.25) is 0 Å². The van der Waals surface area contributed by atoms with Crippen molar-refractivity contribution in [2.75, 3.05) is 7.11 Å². The van der Waals surface area contributed by atoms with Crippen molar-refractivity contribution >= 4 is 19.5 Å². The Kier molecular flexibility index (Phi) is 6.36. The summed E-state index contributed by atoms with van der Waals surface area (Å²) in [5.74, 6) is 0.998. The molecular formula is C19H31BClNO4. The average molecular weight is 384 g/mol. The van der Waals surface area contributed by atoms with Crippen molar-refractivity contribution in [1.29, 1.82) is 0 Å². The molecule has 4 rings (SSSR count). The Hall–Kier alpha value is -0.785. The molecule has 0 aromatic heterocycles. The molecule has 146 valence electrons. The first-order chi connectivity index (χ1) is 11.7. The molecule has 7 heteroatoms. The Bertz CT molecular complexity index is 614. The molecule has 0 radical (unpaired) electrons. The Balaban J connectivity index is 0.00000243. The monoisotopic (exact) mass is 383 g/mol. The maximum absolute atomic E-state index is 10.5. The van der Waals surface area contributed by atoms with Crippen molar-refractivity contribution in [2.24, 2.45) is 23.0 Å². The van der Waals surface area contributed by atoms with Crippen molar-refractivity contribution in [3.63, 3.8) is 0 Å². The lowest BCUT2D eigenvalue weighted by Gasteiger charge is -2.66. The summed E-state index contributed by atoms with van der Waals surface area (Å²) in [7, 11) is 0.510. The molecule has 3 aliphatic carbocycles. The van der Waals surface area contributed by atoms with Crippen LogP contribution in [0.1, 0.15) is 39.2 Å². The maximum Gasteiger partial charge on any atom is 0.472 e. The lowest BCUT2D eigenvalue weighted by atomic mass is 9.43. The van der Waals surface area contributed by atoms with E-state index in [1.807, 2.05) is 31.2 Å². The third-order valence-corrected chi connectivity index (χ3v) is 6.70. The van der Waals surface area contributed by atoms with Crippen molar-refractivity contribution in [2.45, 2.75) is 57.7 Å². The second-order valence-electron chi connectivity index (χ2n) is 8.47. The summed E-state index contributed by atoms with van der Waals surface area (Å²) in [6, 6.07) is 7.61. The highest BCUT2D eigenvalue weighted by Crippen LogP contribution is 2.63. The van der Waals surface area contributed by atoms with Gasteiger partial charge in [0.25, 0.3) is 0 Å². The van der Waals surface area contributed by atoms with Crippen molar-refractivity contribution in [3.8, 4) is 5.75 Å². The number of fused-ring (bicyclic) bond motifs is 2. The zero-order chi connectivity index (χ0) is 18.4. The fourth-order valence-electron chi connectivity index (χ4n) is 4.77. The summed E-state index contributed by atoms with van der Waals surface area (Å²) in [6.45, 7) is 6.37. The van der Waals surface area contributed by atoms with Crippen molar-refractivity contribution in [1.82, 2.24) is 0 Å². The summed E-state index contributed by atoms with van der Waals surface area (Å²) >= 11 is 0. The second kappa shape index (κ2) is 7.68. The lowest BCUT2D eigenvalue weighted by molar-refractivity contribution is -0.239. The Morgan fingerprint density at radius 1 is 1.23 bits per heavy atom. The number of hydrogen-bond donors (Lipinski definition) is 3. The maximum atomic E-state index is 10.5. The molecule has 26 heavy (non-hydrogen) atoms. The first-order valence-electron chi connectivity index (χ1n) is 9.11. The molecular weight excluding hydrogens is 352 g/mol. The van der Waals surface area contributed by atoms with Gasteiger partial charge in [-0.05, 0) is 61.1 Å². The largest absolute Gasteiger partial charge is 0.497 e. The number of benzene rings is 1. The van der Waals surface area contributed by atoms with Crippen LogP contribution >= 0.6 is 12.4 Å². The topological polar surface area (TPSA) is 84.9 Å². The Morgan fingerprint density at radius 2 is 1.85 bits per heavy atom. The quantitative estimate of drug-likeness (QED) is 0.656. The Labute approximate surface area is 162 Å². The highest BCUT2D eigenvalue weighted by atomic mass is 35.5. The molecule has 3 fully saturated rings. The molecule has 1 aromatic rings. The van der Waals surface area contributed by atoms with Gasteiger partial charge in [-0.25, -0.2) is 0 Å². The zero-order valence-corrected chi connectivity index (χ0v) is 16.8. The number of nitrogens with two attached hydrogens (primary N) is 1. The second-order valence-corrected chi connectivity index (χ2v) is 8.47. The number of halogens is 1. The summed E-state index contributed by atoms with van der Waals surface area (Å²) < 4.78 is 11.2. The van der Waals surface area contributed by atoms with Crippen LogP contribution in [-0.4, -0.2) is 42.0 Å². The number of aliphatic hydroxyl groups excluding tert-OH is 1. The number of ether oxygens (including phenoxy) is 1. The molecule has 5 atom stereocenters. The van der Waals surface area contributed by atoms with E-state index >= 15 is 0 Å². The number of rotatable bonds is 6. The minimum Gasteiger partial charge on any atom is -0.497 e. The fourth-order valence-corrected chi connectivity index (χ4v) is 4.77. The number of aliphatic hydroxyl groups is 1. The highest BCUT2D eigenvalue weighted by molar-refractivity contribution is 6.45. The van der Waals surface area contributed by atoms with Gasteiger partial charge in [-0.1, -0.05) is 26.0 Å². The van der Waals surface area contributed by atoms with Gasteiger partial charge < -0.3 is 25.3 Å². The molecule has 2 bridgehead atoms. The van der Waals surface area contributed by atoms with E-state index < -0.39 is 24.8 Å². The summed E-state index contributed by atoms with van der Waals surface area (Å²) in [5, 5.41) is 21.1. The van der Waals surface area contributed by atoms with Crippen LogP contribution in [-0.2, 0) is 11.1 Å². The fraction of sp³-hybridized carbons (Fsp3) is 0.684. The molecule has 5 nitrogen and oxygen atoms in total. The van der Waals surface area contributed by atoms with Gasteiger partial charge in [0.15, 0.2) is 0 Å². The number of hydrogen-bond acceptors (Lipinski definition) is 5. The predicted molar refractivity (Wildman–Crippen MR) is 105 cm³/mol. The van der Waals surface area contributed by atoms with Crippen LogP contribution in [0.3, 0.4) is 0 Å². The van der Waals surface area contributed by atoms with E-state index in [-0.39, 0.29) is 23.7 Å². The predicted octanol–water partition coefficient (Wildman–Crippen LogP) is 2.21. The SMILES string of the molecule is COc1ccc(C[C@@H](N)B(O)O[C@]2(C)[C@@H]3C[C@H](C[C@@H]2O)C3(C)C)cc1.Cl. The third kappa shape index (κ3) is 3.63. The van der Waals surface area contributed by atoms with Gasteiger partial charge in [-0.3, -0.25) is 0 Å².